The van der Waals surface area contributed by atoms with Crippen LogP contribution >= 0.6 is 11.8 Å². The van der Waals surface area contributed by atoms with E-state index >= 15 is 0 Å². The lowest BCUT2D eigenvalue weighted by Crippen LogP contribution is -2.18. The number of nitrogens with zero attached hydrogens (tertiary/aromatic N) is 3. The predicted molar refractivity (Wildman–Crippen MR) is 82.9 cm³/mol. The summed E-state index contributed by atoms with van der Waals surface area (Å²) in [5.41, 5.74) is 0.442. The second-order valence-corrected chi connectivity index (χ2v) is 5.78. The van der Waals surface area contributed by atoms with E-state index in [1.807, 2.05) is 4.57 Å². The molecule has 116 valence electrons. The molecule has 0 aliphatic carbocycles. The number of aromatic nitrogens is 3. The van der Waals surface area contributed by atoms with E-state index in [-0.39, 0.29) is 5.91 Å². The lowest BCUT2D eigenvalue weighted by molar-refractivity contribution is 0.102. The Labute approximate surface area is 132 Å². The summed E-state index contributed by atoms with van der Waals surface area (Å²) in [6, 6.07) is 5.02. The number of hydrogen-bond acceptors (Lipinski definition) is 6. The molecule has 0 bridgehead atoms. The highest BCUT2D eigenvalue weighted by atomic mass is 32.2. The Bertz CT molecular complexity index is 679. The quantitative estimate of drug-likeness (QED) is 0.929. The highest BCUT2D eigenvalue weighted by molar-refractivity contribution is 7.99. The van der Waals surface area contributed by atoms with Gasteiger partial charge in [-0.25, -0.2) is 0 Å². The van der Waals surface area contributed by atoms with Crippen molar-refractivity contribution in [3.8, 4) is 11.5 Å². The zero-order valence-corrected chi connectivity index (χ0v) is 13.1. The third-order valence-electron chi connectivity index (χ3n) is 3.31. The second-order valence-electron chi connectivity index (χ2n) is 4.72. The van der Waals surface area contributed by atoms with Crippen molar-refractivity contribution in [2.45, 2.75) is 18.1 Å². The van der Waals surface area contributed by atoms with Crippen LogP contribution < -0.4 is 14.8 Å². The lowest BCUT2D eigenvalue weighted by Gasteiger charge is -2.14. The van der Waals surface area contributed by atoms with Crippen LogP contribution in [0.5, 0.6) is 11.5 Å². The van der Waals surface area contributed by atoms with E-state index in [2.05, 4.69) is 15.5 Å². The van der Waals surface area contributed by atoms with Crippen molar-refractivity contribution in [3.05, 3.63) is 23.8 Å². The standard InChI is InChI=1S/C14H16N4O3S/c1-20-10-6-9(7-11(8-10)21-2)12(19)15-13-16-17-14-18(13)4-3-5-22-14/h6-8H,3-5H2,1-2H3,(H,15,16,19). The molecule has 22 heavy (non-hydrogen) atoms. The number of hydrogen-bond donors (Lipinski definition) is 1. The Balaban J connectivity index is 1.84. The number of rotatable bonds is 4. The average Bonchev–Trinajstić information content (AvgIpc) is 2.97. The number of anilines is 1. The monoisotopic (exact) mass is 320 g/mol. The number of thioether (sulfide) groups is 1. The molecule has 0 atom stereocenters. The Morgan fingerprint density at radius 2 is 1.95 bits per heavy atom. The largest absolute Gasteiger partial charge is 0.497 e. The van der Waals surface area contributed by atoms with E-state index in [4.69, 9.17) is 9.47 Å². The van der Waals surface area contributed by atoms with Gasteiger partial charge in [-0.05, 0) is 18.6 Å². The van der Waals surface area contributed by atoms with Crippen LogP contribution in [0, 0.1) is 0 Å². The van der Waals surface area contributed by atoms with Crippen LogP contribution in [0.3, 0.4) is 0 Å². The fourth-order valence-electron chi connectivity index (χ4n) is 2.19. The molecule has 0 unspecified atom stereocenters. The van der Waals surface area contributed by atoms with Gasteiger partial charge in [0, 0.05) is 23.9 Å². The van der Waals surface area contributed by atoms with Gasteiger partial charge in [0.2, 0.25) is 5.95 Å². The molecule has 1 amide bonds. The molecule has 0 spiro atoms. The van der Waals surface area contributed by atoms with E-state index in [9.17, 15) is 4.79 Å². The normalized spacial score (nSPS) is 13.4. The summed E-state index contributed by atoms with van der Waals surface area (Å²) in [4.78, 5) is 12.4. The molecule has 1 aliphatic heterocycles. The van der Waals surface area contributed by atoms with Gasteiger partial charge in [0.1, 0.15) is 11.5 Å². The van der Waals surface area contributed by atoms with Crippen LogP contribution in [0.15, 0.2) is 23.4 Å². The zero-order chi connectivity index (χ0) is 15.5. The van der Waals surface area contributed by atoms with Crippen molar-refractivity contribution in [1.82, 2.24) is 14.8 Å². The van der Waals surface area contributed by atoms with Crippen molar-refractivity contribution in [1.29, 1.82) is 0 Å². The SMILES string of the molecule is COc1cc(OC)cc(C(=O)Nc2nnc3n2CCCS3)c1. The molecular weight excluding hydrogens is 304 g/mol. The maximum Gasteiger partial charge on any atom is 0.258 e. The molecule has 2 aromatic rings. The first kappa shape index (κ1) is 14.7. The van der Waals surface area contributed by atoms with Crippen LogP contribution in [-0.2, 0) is 6.54 Å². The van der Waals surface area contributed by atoms with Gasteiger partial charge in [-0.15, -0.1) is 10.2 Å². The molecule has 0 saturated heterocycles. The van der Waals surface area contributed by atoms with Crippen LogP contribution in [0.4, 0.5) is 5.95 Å². The van der Waals surface area contributed by atoms with Crippen LogP contribution in [0.2, 0.25) is 0 Å². The van der Waals surface area contributed by atoms with Gasteiger partial charge in [-0.2, -0.15) is 0 Å². The Kier molecular flexibility index (Phi) is 4.19. The smallest absolute Gasteiger partial charge is 0.258 e. The molecule has 1 aliphatic rings. The zero-order valence-electron chi connectivity index (χ0n) is 12.3. The third kappa shape index (κ3) is 2.87. The first-order valence-electron chi connectivity index (χ1n) is 6.81. The van der Waals surface area contributed by atoms with Gasteiger partial charge >= 0.3 is 0 Å². The molecule has 0 radical (unpaired) electrons. The van der Waals surface area contributed by atoms with Crippen LogP contribution in [0.25, 0.3) is 0 Å². The summed E-state index contributed by atoms with van der Waals surface area (Å²) in [5, 5.41) is 11.8. The van der Waals surface area contributed by atoms with Crippen molar-refractivity contribution in [2.75, 3.05) is 25.3 Å². The van der Waals surface area contributed by atoms with E-state index in [1.165, 1.54) is 0 Å². The first-order chi connectivity index (χ1) is 10.7. The fourth-order valence-corrected chi connectivity index (χ4v) is 3.08. The average molecular weight is 320 g/mol. The number of carbonyl (C=O) groups excluding carboxylic acids is 1. The highest BCUT2D eigenvalue weighted by Crippen LogP contribution is 2.26. The summed E-state index contributed by atoms with van der Waals surface area (Å²) in [5.74, 6) is 2.34. The maximum atomic E-state index is 12.4. The number of methoxy groups -OCH3 is 2. The van der Waals surface area contributed by atoms with Gasteiger partial charge in [0.15, 0.2) is 5.16 Å². The molecule has 2 heterocycles. The minimum absolute atomic E-state index is 0.275. The number of nitrogens with one attached hydrogen (secondary N) is 1. The van der Waals surface area contributed by atoms with E-state index in [0.717, 1.165) is 23.9 Å². The first-order valence-corrected chi connectivity index (χ1v) is 7.80. The van der Waals surface area contributed by atoms with E-state index < -0.39 is 0 Å². The van der Waals surface area contributed by atoms with Crippen molar-refractivity contribution >= 4 is 23.6 Å². The molecule has 1 N–H and O–H groups in total. The molecular formula is C14H16N4O3S. The summed E-state index contributed by atoms with van der Waals surface area (Å²) in [7, 11) is 3.09. The summed E-state index contributed by atoms with van der Waals surface area (Å²) >= 11 is 1.64. The van der Waals surface area contributed by atoms with Crippen LogP contribution in [0.1, 0.15) is 16.8 Å². The molecule has 8 heteroatoms. The molecule has 1 aromatic heterocycles. The minimum Gasteiger partial charge on any atom is -0.497 e. The van der Waals surface area contributed by atoms with Gasteiger partial charge in [0.05, 0.1) is 14.2 Å². The number of amides is 1. The summed E-state index contributed by atoms with van der Waals surface area (Å²) in [6.45, 7) is 0.812. The Morgan fingerprint density at radius 3 is 2.64 bits per heavy atom. The third-order valence-corrected chi connectivity index (χ3v) is 4.37. The number of benzene rings is 1. The Hall–Kier alpha value is -2.22. The van der Waals surface area contributed by atoms with E-state index in [0.29, 0.717) is 23.0 Å². The second kappa shape index (κ2) is 6.27. The fraction of sp³-hybridized carbons (Fsp3) is 0.357. The van der Waals surface area contributed by atoms with Gasteiger partial charge < -0.3 is 9.47 Å². The molecule has 7 nitrogen and oxygen atoms in total. The van der Waals surface area contributed by atoms with Gasteiger partial charge in [-0.1, -0.05) is 11.8 Å². The number of ether oxygens (including phenoxy) is 2. The minimum atomic E-state index is -0.275. The summed E-state index contributed by atoms with van der Waals surface area (Å²) < 4.78 is 12.3. The van der Waals surface area contributed by atoms with Crippen LogP contribution in [-0.4, -0.2) is 40.6 Å². The molecule has 3 rings (SSSR count). The van der Waals surface area contributed by atoms with Gasteiger partial charge in [-0.3, -0.25) is 14.7 Å². The van der Waals surface area contributed by atoms with Gasteiger partial charge in [0.25, 0.3) is 5.91 Å². The Morgan fingerprint density at radius 1 is 1.23 bits per heavy atom. The number of fused-ring (bicyclic) bond motifs is 1. The molecule has 0 saturated carbocycles. The molecule has 0 fully saturated rings. The molecule has 1 aromatic carbocycles. The number of carbonyl (C=O) groups is 1. The van der Waals surface area contributed by atoms with E-state index in [1.54, 1.807) is 44.2 Å². The lowest BCUT2D eigenvalue weighted by atomic mass is 10.2. The van der Waals surface area contributed by atoms with Crippen molar-refractivity contribution in [2.24, 2.45) is 0 Å². The maximum absolute atomic E-state index is 12.4. The topological polar surface area (TPSA) is 78.3 Å². The predicted octanol–water partition coefficient (Wildman–Crippen LogP) is 2.04. The van der Waals surface area contributed by atoms with Crippen molar-refractivity contribution < 1.29 is 14.3 Å². The summed E-state index contributed by atoms with van der Waals surface area (Å²) in [6.07, 6.45) is 1.03. The highest BCUT2D eigenvalue weighted by Gasteiger charge is 2.19. The van der Waals surface area contributed by atoms with Crippen molar-refractivity contribution in [3.63, 3.8) is 0 Å².